The summed E-state index contributed by atoms with van der Waals surface area (Å²) >= 11 is 0. The number of carbonyl (C=O) groups excluding carboxylic acids is 2. The molecule has 1 aliphatic rings. The summed E-state index contributed by atoms with van der Waals surface area (Å²) in [7, 11) is 0. The molecule has 7 heteroatoms. The summed E-state index contributed by atoms with van der Waals surface area (Å²) in [6.07, 6.45) is 0.783. The number of nitrogens with one attached hydrogen (secondary N) is 1. The van der Waals surface area contributed by atoms with Gasteiger partial charge in [-0.3, -0.25) is 9.59 Å². The highest BCUT2D eigenvalue weighted by molar-refractivity contribution is 6.01. The lowest BCUT2D eigenvalue weighted by Crippen LogP contribution is -2.48. The zero-order valence-corrected chi connectivity index (χ0v) is 13.2. The van der Waals surface area contributed by atoms with Gasteiger partial charge >= 0.3 is 0 Å². The van der Waals surface area contributed by atoms with Gasteiger partial charge in [0.05, 0.1) is 6.04 Å². The van der Waals surface area contributed by atoms with Gasteiger partial charge < -0.3 is 16.0 Å². The van der Waals surface area contributed by atoms with Crippen LogP contribution in [0.4, 0.5) is 14.5 Å². The maximum atomic E-state index is 13.8. The maximum absolute atomic E-state index is 13.8. The largest absolute Gasteiger partial charge is 0.343 e. The minimum atomic E-state index is -0.806. The van der Waals surface area contributed by atoms with Crippen molar-refractivity contribution in [3.05, 3.63) is 29.8 Å². The molecule has 1 fully saturated rings. The molecule has 23 heavy (non-hydrogen) atoms. The van der Waals surface area contributed by atoms with Crippen molar-refractivity contribution in [1.29, 1.82) is 0 Å². The minimum absolute atomic E-state index is 0.140. The van der Waals surface area contributed by atoms with Crippen molar-refractivity contribution in [1.82, 2.24) is 5.32 Å². The topological polar surface area (TPSA) is 75.4 Å². The highest BCUT2D eigenvalue weighted by Gasteiger charge is 2.36. The van der Waals surface area contributed by atoms with Crippen molar-refractivity contribution in [2.24, 2.45) is 11.7 Å². The number of hydrogen-bond acceptors (Lipinski definition) is 3. The monoisotopic (exact) mass is 325 g/mol. The lowest BCUT2D eigenvalue weighted by molar-refractivity contribution is -0.127. The zero-order chi connectivity index (χ0) is 17.1. The second kappa shape index (κ2) is 7.04. The van der Waals surface area contributed by atoms with Gasteiger partial charge in [-0.25, -0.2) is 8.78 Å². The van der Waals surface area contributed by atoms with E-state index in [0.717, 1.165) is 17.0 Å². The normalized spacial score (nSPS) is 19.3. The molecule has 3 N–H and O–H groups in total. The predicted octanol–water partition coefficient (Wildman–Crippen LogP) is 1.56. The Labute approximate surface area is 133 Å². The van der Waals surface area contributed by atoms with Gasteiger partial charge in [0.2, 0.25) is 11.8 Å². The van der Waals surface area contributed by atoms with Crippen molar-refractivity contribution in [2.75, 3.05) is 11.4 Å². The molecule has 1 saturated heterocycles. The molecule has 1 aromatic carbocycles. The predicted molar refractivity (Wildman–Crippen MR) is 82.7 cm³/mol. The number of nitrogens with zero attached hydrogens (tertiary/aromatic N) is 1. The van der Waals surface area contributed by atoms with Crippen LogP contribution in [0.5, 0.6) is 0 Å². The fraction of sp³-hybridized carbons (Fsp3) is 0.500. The Morgan fingerprint density at radius 3 is 2.57 bits per heavy atom. The van der Waals surface area contributed by atoms with Gasteiger partial charge in [-0.05, 0) is 30.9 Å². The van der Waals surface area contributed by atoms with Gasteiger partial charge in [0.25, 0.3) is 0 Å². The van der Waals surface area contributed by atoms with E-state index in [2.05, 4.69) is 5.32 Å². The summed E-state index contributed by atoms with van der Waals surface area (Å²) in [6, 6.07) is 1.91. The summed E-state index contributed by atoms with van der Waals surface area (Å²) in [5.41, 5.74) is 5.40. The number of benzene rings is 1. The maximum Gasteiger partial charge on any atom is 0.249 e. The number of anilines is 1. The first-order valence-corrected chi connectivity index (χ1v) is 7.62. The summed E-state index contributed by atoms with van der Waals surface area (Å²) in [6.45, 7) is 4.02. The Morgan fingerprint density at radius 2 is 2.00 bits per heavy atom. The van der Waals surface area contributed by atoms with Crippen LogP contribution in [0, 0.1) is 17.6 Å². The average Bonchev–Trinajstić information content (AvgIpc) is 2.80. The highest BCUT2D eigenvalue weighted by Crippen LogP contribution is 2.27. The molecule has 5 nitrogen and oxygen atoms in total. The fourth-order valence-corrected chi connectivity index (χ4v) is 2.68. The number of carbonyl (C=O) groups is 2. The molecule has 2 amide bonds. The standard InChI is InChI=1S/C16H21F2N3O2/c1-9(2)8-12(19)15(22)20-13-6-7-21(16(13)23)14-10(17)4-3-5-11(14)18/h3-5,9,12-13H,6-8,19H2,1-2H3,(H,20,22)/t12-,13?/m0/s1. The molecule has 1 aliphatic heterocycles. The Kier molecular flexibility index (Phi) is 5.30. The lowest BCUT2D eigenvalue weighted by Gasteiger charge is -2.20. The second-order valence-electron chi connectivity index (χ2n) is 6.15. The molecule has 0 aromatic heterocycles. The van der Waals surface area contributed by atoms with E-state index in [-0.39, 0.29) is 24.6 Å². The first-order chi connectivity index (χ1) is 10.8. The van der Waals surface area contributed by atoms with Gasteiger partial charge in [-0.1, -0.05) is 19.9 Å². The van der Waals surface area contributed by atoms with E-state index in [1.165, 1.54) is 6.07 Å². The highest BCUT2D eigenvalue weighted by atomic mass is 19.1. The number of halogens is 2. The van der Waals surface area contributed by atoms with E-state index in [4.69, 9.17) is 5.73 Å². The van der Waals surface area contributed by atoms with Gasteiger partial charge in [0.1, 0.15) is 23.4 Å². The van der Waals surface area contributed by atoms with Crippen LogP contribution in [-0.4, -0.2) is 30.4 Å². The van der Waals surface area contributed by atoms with Crippen molar-refractivity contribution in [3.63, 3.8) is 0 Å². The van der Waals surface area contributed by atoms with Crippen LogP contribution >= 0.6 is 0 Å². The van der Waals surface area contributed by atoms with E-state index in [9.17, 15) is 18.4 Å². The van der Waals surface area contributed by atoms with E-state index in [1.54, 1.807) is 0 Å². The first-order valence-electron chi connectivity index (χ1n) is 7.62. The second-order valence-corrected chi connectivity index (χ2v) is 6.15. The van der Waals surface area contributed by atoms with Gasteiger partial charge in [0.15, 0.2) is 0 Å². The van der Waals surface area contributed by atoms with E-state index >= 15 is 0 Å². The molecule has 2 atom stereocenters. The van der Waals surface area contributed by atoms with E-state index in [0.29, 0.717) is 6.42 Å². The van der Waals surface area contributed by atoms with Crippen molar-refractivity contribution in [3.8, 4) is 0 Å². The number of para-hydroxylation sites is 1. The van der Waals surface area contributed by atoms with E-state index < -0.39 is 35.5 Å². The molecular formula is C16H21F2N3O2. The molecule has 0 saturated carbocycles. The number of nitrogens with two attached hydrogens (primary N) is 1. The fourth-order valence-electron chi connectivity index (χ4n) is 2.68. The molecule has 126 valence electrons. The van der Waals surface area contributed by atoms with Crippen LogP contribution in [0.1, 0.15) is 26.7 Å². The molecule has 0 aliphatic carbocycles. The van der Waals surface area contributed by atoms with Gasteiger partial charge in [-0.15, -0.1) is 0 Å². The van der Waals surface area contributed by atoms with Crippen LogP contribution in [0.3, 0.4) is 0 Å². The minimum Gasteiger partial charge on any atom is -0.343 e. The Balaban J connectivity index is 2.06. The number of amides is 2. The molecule has 1 heterocycles. The van der Waals surface area contributed by atoms with Gasteiger partial charge in [0, 0.05) is 6.54 Å². The van der Waals surface area contributed by atoms with Crippen molar-refractivity contribution < 1.29 is 18.4 Å². The third kappa shape index (κ3) is 3.85. The van der Waals surface area contributed by atoms with Crippen LogP contribution < -0.4 is 16.0 Å². The quantitative estimate of drug-likeness (QED) is 0.863. The molecule has 0 spiro atoms. The van der Waals surface area contributed by atoms with Crippen molar-refractivity contribution in [2.45, 2.75) is 38.8 Å². The summed E-state index contributed by atoms with van der Waals surface area (Å²) < 4.78 is 27.6. The van der Waals surface area contributed by atoms with Crippen LogP contribution in [-0.2, 0) is 9.59 Å². The third-order valence-electron chi connectivity index (χ3n) is 3.79. The van der Waals surface area contributed by atoms with Gasteiger partial charge in [-0.2, -0.15) is 0 Å². The Bertz CT molecular complexity index is 587. The zero-order valence-electron chi connectivity index (χ0n) is 13.2. The Hall–Kier alpha value is -2.02. The molecule has 2 rings (SSSR count). The third-order valence-corrected chi connectivity index (χ3v) is 3.79. The smallest absolute Gasteiger partial charge is 0.249 e. The molecule has 0 bridgehead atoms. The molecular weight excluding hydrogens is 304 g/mol. The summed E-state index contributed by atoms with van der Waals surface area (Å²) in [5, 5.41) is 2.57. The number of hydrogen-bond donors (Lipinski definition) is 2. The average molecular weight is 325 g/mol. The first kappa shape index (κ1) is 17.3. The SMILES string of the molecule is CC(C)C[C@H](N)C(=O)NC1CCN(c2c(F)cccc2F)C1=O. The lowest BCUT2D eigenvalue weighted by atomic mass is 10.0. The van der Waals surface area contributed by atoms with Crippen LogP contribution in [0.2, 0.25) is 0 Å². The molecule has 1 aromatic rings. The summed E-state index contributed by atoms with van der Waals surface area (Å²) in [5.74, 6) is -2.31. The number of rotatable bonds is 5. The molecule has 1 unspecified atom stereocenters. The van der Waals surface area contributed by atoms with E-state index in [1.807, 2.05) is 13.8 Å². The summed E-state index contributed by atoms with van der Waals surface area (Å²) in [4.78, 5) is 25.4. The van der Waals surface area contributed by atoms with Crippen LogP contribution in [0.25, 0.3) is 0 Å². The molecule has 0 radical (unpaired) electrons. The van der Waals surface area contributed by atoms with Crippen molar-refractivity contribution >= 4 is 17.5 Å². The van der Waals surface area contributed by atoms with Crippen LogP contribution in [0.15, 0.2) is 18.2 Å². The Morgan fingerprint density at radius 1 is 1.39 bits per heavy atom.